The quantitative estimate of drug-likeness (QED) is 0.461. The number of anilines is 2. The van der Waals surface area contributed by atoms with Gasteiger partial charge in [0.25, 0.3) is 0 Å². The van der Waals surface area contributed by atoms with E-state index < -0.39 is 39.4 Å². The molecule has 0 spiro atoms. The van der Waals surface area contributed by atoms with Crippen molar-refractivity contribution in [3.8, 4) is 0 Å². The normalized spacial score (nSPS) is 18.5. The fraction of sp³-hybridized carbons (Fsp3) is 0.346. The van der Waals surface area contributed by atoms with Crippen LogP contribution in [0.4, 0.5) is 10.7 Å². The first-order valence-corrected chi connectivity index (χ1v) is 14.5. The number of hydrogen-bond acceptors (Lipinski definition) is 8. The number of fused-ring (bicyclic) bond motifs is 2. The minimum absolute atomic E-state index is 0.0474. The predicted octanol–water partition coefficient (Wildman–Crippen LogP) is 4.29. The van der Waals surface area contributed by atoms with Gasteiger partial charge in [0.2, 0.25) is 11.8 Å². The number of hydrogen-bond donors (Lipinski definition) is 1. The molecule has 37 heavy (non-hydrogen) atoms. The summed E-state index contributed by atoms with van der Waals surface area (Å²) < 4.78 is 37.6. The molecule has 0 saturated heterocycles. The Hall–Kier alpha value is -3.44. The van der Waals surface area contributed by atoms with Crippen molar-refractivity contribution >= 4 is 49.6 Å². The zero-order valence-electron chi connectivity index (χ0n) is 20.2. The van der Waals surface area contributed by atoms with Crippen LogP contribution in [0.1, 0.15) is 58.0 Å². The lowest BCUT2D eigenvalue weighted by atomic mass is 9.95. The van der Waals surface area contributed by atoms with Crippen LogP contribution in [0.5, 0.6) is 0 Å². The van der Waals surface area contributed by atoms with Crippen LogP contribution in [-0.4, -0.2) is 39.4 Å². The molecular weight excluding hydrogens is 516 g/mol. The van der Waals surface area contributed by atoms with E-state index in [9.17, 15) is 22.8 Å². The van der Waals surface area contributed by atoms with Gasteiger partial charge >= 0.3 is 5.97 Å². The van der Waals surface area contributed by atoms with Gasteiger partial charge in [-0.3, -0.25) is 9.59 Å². The first-order valence-electron chi connectivity index (χ1n) is 12.1. The van der Waals surface area contributed by atoms with Crippen molar-refractivity contribution < 1.29 is 32.0 Å². The van der Waals surface area contributed by atoms with Crippen LogP contribution in [0.3, 0.4) is 0 Å². The SMILES string of the molecule is CCOC(=O)c1c(NC(=O)CN2C(=O)CC(c3ccco3)S(=O)(=O)c3ccccc32)sc2c1CCCC2. The molecule has 2 aliphatic rings. The second-order valence-electron chi connectivity index (χ2n) is 8.88. The highest BCUT2D eigenvalue weighted by Crippen LogP contribution is 2.41. The number of amides is 2. The first kappa shape index (κ1) is 25.2. The molecular formula is C26H26N2O7S2. The van der Waals surface area contributed by atoms with E-state index in [1.54, 1.807) is 25.1 Å². The zero-order chi connectivity index (χ0) is 26.2. The number of furan rings is 1. The molecule has 1 unspecified atom stereocenters. The monoisotopic (exact) mass is 542 g/mol. The van der Waals surface area contributed by atoms with Crippen LogP contribution in [-0.2, 0) is 37.0 Å². The van der Waals surface area contributed by atoms with E-state index in [-0.39, 0.29) is 29.4 Å². The summed E-state index contributed by atoms with van der Waals surface area (Å²) >= 11 is 1.35. The molecule has 194 valence electrons. The topological polar surface area (TPSA) is 123 Å². The van der Waals surface area contributed by atoms with Gasteiger partial charge in [-0.05, 0) is 62.4 Å². The van der Waals surface area contributed by atoms with E-state index in [2.05, 4.69) is 5.32 Å². The molecule has 11 heteroatoms. The lowest BCUT2D eigenvalue weighted by molar-refractivity contribution is -0.121. The summed E-state index contributed by atoms with van der Waals surface area (Å²) in [5, 5.41) is 1.99. The first-order chi connectivity index (χ1) is 17.8. The second-order valence-corrected chi connectivity index (χ2v) is 12.1. The predicted molar refractivity (Wildman–Crippen MR) is 138 cm³/mol. The summed E-state index contributed by atoms with van der Waals surface area (Å²) in [5.74, 6) is -1.39. The van der Waals surface area contributed by atoms with Crippen LogP contribution in [0.2, 0.25) is 0 Å². The Morgan fingerprint density at radius 2 is 1.95 bits per heavy atom. The average molecular weight is 543 g/mol. The third-order valence-corrected chi connectivity index (χ3v) is 9.88. The van der Waals surface area contributed by atoms with Crippen molar-refractivity contribution in [2.24, 2.45) is 0 Å². The van der Waals surface area contributed by atoms with Gasteiger partial charge in [-0.2, -0.15) is 0 Å². The summed E-state index contributed by atoms with van der Waals surface area (Å²) in [4.78, 5) is 41.5. The number of nitrogens with one attached hydrogen (secondary N) is 1. The second kappa shape index (κ2) is 10.1. The molecule has 0 fully saturated rings. The van der Waals surface area contributed by atoms with Gasteiger partial charge in [-0.15, -0.1) is 11.3 Å². The lowest BCUT2D eigenvalue weighted by Gasteiger charge is -2.21. The number of carbonyl (C=O) groups is 3. The largest absolute Gasteiger partial charge is 0.468 e. The molecule has 0 bridgehead atoms. The highest BCUT2D eigenvalue weighted by atomic mass is 32.2. The Morgan fingerprint density at radius 3 is 2.70 bits per heavy atom. The third kappa shape index (κ3) is 4.69. The minimum Gasteiger partial charge on any atom is -0.468 e. The minimum atomic E-state index is -3.98. The van der Waals surface area contributed by atoms with Gasteiger partial charge in [-0.25, -0.2) is 13.2 Å². The molecule has 2 aromatic heterocycles. The number of rotatable bonds is 6. The average Bonchev–Trinajstić information content (AvgIpc) is 3.52. The maximum atomic E-state index is 13.5. The number of sulfone groups is 1. The van der Waals surface area contributed by atoms with Gasteiger partial charge in [0.15, 0.2) is 9.84 Å². The van der Waals surface area contributed by atoms with E-state index >= 15 is 0 Å². The number of thiophene rings is 1. The molecule has 0 radical (unpaired) electrons. The highest BCUT2D eigenvalue weighted by molar-refractivity contribution is 7.92. The molecule has 1 aliphatic carbocycles. The van der Waals surface area contributed by atoms with Crippen molar-refractivity contribution in [2.75, 3.05) is 23.4 Å². The molecule has 3 heterocycles. The van der Waals surface area contributed by atoms with Crippen molar-refractivity contribution in [1.29, 1.82) is 0 Å². The van der Waals surface area contributed by atoms with Gasteiger partial charge in [0.1, 0.15) is 22.6 Å². The number of nitrogens with zero attached hydrogens (tertiary/aromatic N) is 1. The van der Waals surface area contributed by atoms with Crippen LogP contribution in [0.15, 0.2) is 52.0 Å². The van der Waals surface area contributed by atoms with E-state index in [0.717, 1.165) is 36.1 Å². The van der Waals surface area contributed by atoms with Gasteiger partial charge in [0, 0.05) is 4.88 Å². The summed E-state index contributed by atoms with van der Waals surface area (Å²) in [7, 11) is -3.98. The summed E-state index contributed by atoms with van der Waals surface area (Å²) in [6, 6.07) is 9.22. The van der Waals surface area contributed by atoms with E-state index in [4.69, 9.17) is 9.15 Å². The van der Waals surface area contributed by atoms with Crippen LogP contribution < -0.4 is 10.2 Å². The number of aryl methyl sites for hydroxylation is 1. The number of esters is 1. The summed E-state index contributed by atoms with van der Waals surface area (Å²) in [5.41, 5.74) is 1.42. The maximum absolute atomic E-state index is 13.5. The summed E-state index contributed by atoms with van der Waals surface area (Å²) in [6.45, 7) is 1.52. The lowest BCUT2D eigenvalue weighted by Crippen LogP contribution is -2.38. The van der Waals surface area contributed by atoms with Gasteiger partial charge in [0.05, 0.1) is 35.4 Å². The van der Waals surface area contributed by atoms with Crippen molar-refractivity contribution in [1.82, 2.24) is 0 Å². The summed E-state index contributed by atoms with van der Waals surface area (Å²) in [6.07, 6.45) is 4.51. The van der Waals surface area contributed by atoms with E-state index in [1.165, 1.54) is 40.7 Å². The Morgan fingerprint density at radius 1 is 1.16 bits per heavy atom. The highest BCUT2D eigenvalue weighted by Gasteiger charge is 2.41. The Kier molecular flexibility index (Phi) is 6.91. The molecule has 0 saturated carbocycles. The number of ether oxygens (including phenoxy) is 1. The Bertz CT molecular complexity index is 1460. The van der Waals surface area contributed by atoms with Crippen molar-refractivity contribution in [2.45, 2.75) is 49.2 Å². The van der Waals surface area contributed by atoms with Crippen molar-refractivity contribution in [3.63, 3.8) is 0 Å². The molecule has 9 nitrogen and oxygen atoms in total. The molecule has 1 N–H and O–H groups in total. The van der Waals surface area contributed by atoms with E-state index in [0.29, 0.717) is 10.6 Å². The fourth-order valence-corrected chi connectivity index (χ4v) is 8.01. The van der Waals surface area contributed by atoms with Crippen LogP contribution in [0.25, 0.3) is 0 Å². The zero-order valence-corrected chi connectivity index (χ0v) is 21.8. The van der Waals surface area contributed by atoms with Crippen LogP contribution >= 0.6 is 11.3 Å². The Balaban J connectivity index is 1.46. The number of para-hydroxylation sites is 1. The maximum Gasteiger partial charge on any atom is 0.341 e. The smallest absolute Gasteiger partial charge is 0.341 e. The standard InChI is InChI=1S/C26H26N2O7S2/c1-2-34-26(31)24-16-8-3-5-11-19(16)36-25(24)27-22(29)15-28-17-9-4-6-12-20(17)37(32,33)21(14-23(28)30)18-10-7-13-35-18/h4,6-7,9-10,12-13,21H,2-3,5,8,11,14-15H2,1H3,(H,27,29). The molecule has 1 aliphatic heterocycles. The van der Waals surface area contributed by atoms with Crippen molar-refractivity contribution in [3.05, 3.63) is 64.4 Å². The third-order valence-electron chi connectivity index (χ3n) is 6.56. The van der Waals surface area contributed by atoms with Crippen LogP contribution in [0, 0.1) is 0 Å². The van der Waals surface area contributed by atoms with E-state index in [1.807, 2.05) is 0 Å². The van der Waals surface area contributed by atoms with Gasteiger partial charge < -0.3 is 19.4 Å². The number of benzene rings is 1. The molecule has 1 atom stereocenters. The molecule has 2 amide bonds. The molecule has 5 rings (SSSR count). The Labute approximate surface area is 218 Å². The molecule has 3 aromatic rings. The van der Waals surface area contributed by atoms with Gasteiger partial charge in [-0.1, -0.05) is 12.1 Å². The fourth-order valence-electron chi connectivity index (χ4n) is 4.87. The number of carbonyl (C=O) groups excluding carboxylic acids is 3. The molecule has 1 aromatic carbocycles.